The Morgan fingerprint density at radius 3 is 0.905 bits per heavy atom. The molecule has 0 heterocycles. The molecule has 3 heteroatoms. The van der Waals surface area contributed by atoms with Crippen LogP contribution in [0.4, 0.5) is 0 Å². The molecule has 0 nitrogen and oxygen atoms in total. The molecule has 2 aliphatic carbocycles. The third-order valence-corrected chi connectivity index (χ3v) is 4.47. The van der Waals surface area contributed by atoms with Crippen molar-refractivity contribution in [3.63, 3.8) is 0 Å². The van der Waals surface area contributed by atoms with E-state index in [-0.39, 0.29) is 43.4 Å². The van der Waals surface area contributed by atoms with Gasteiger partial charge in [0.1, 0.15) is 0 Å². The molecule has 2 aliphatic rings. The van der Waals surface area contributed by atoms with Gasteiger partial charge in [0, 0.05) is 0 Å². The molecule has 0 bridgehead atoms. The summed E-state index contributed by atoms with van der Waals surface area (Å²) in [5, 5.41) is 0. The molecule has 0 aromatic rings. The van der Waals surface area contributed by atoms with Crippen LogP contribution in [0.5, 0.6) is 0 Å². The summed E-state index contributed by atoms with van der Waals surface area (Å²) >= 11 is 0. The van der Waals surface area contributed by atoms with Gasteiger partial charge in [-0.3, -0.25) is 12.2 Å². The number of hydrogen-bond acceptors (Lipinski definition) is 0. The summed E-state index contributed by atoms with van der Waals surface area (Å²) in [5.74, 6) is 1.12. The monoisotopic (exact) mass is 365 g/mol. The molecule has 2 rings (SSSR count). The fourth-order valence-corrected chi connectivity index (χ4v) is 2.32. The first-order valence-corrected chi connectivity index (χ1v) is 6.81. The second-order valence-corrected chi connectivity index (χ2v) is 5.60. The van der Waals surface area contributed by atoms with Crippen LogP contribution in [0.15, 0.2) is 33.4 Å². The number of rotatable bonds is 0. The quantitative estimate of drug-likeness (QED) is 0.442. The van der Waals surface area contributed by atoms with E-state index in [4.69, 9.17) is 0 Å². The zero-order valence-electron chi connectivity index (χ0n) is 14.4. The Morgan fingerprint density at radius 2 is 0.857 bits per heavy atom. The second-order valence-electron chi connectivity index (χ2n) is 5.60. The van der Waals surface area contributed by atoms with Crippen LogP contribution in [0.25, 0.3) is 0 Å². The molecule has 0 saturated heterocycles. The second kappa shape index (κ2) is 10.8. The maximum absolute atomic E-state index is 3.36. The Kier molecular flexibility index (Phi) is 13.4. The molecule has 2 unspecified atom stereocenters. The van der Waals surface area contributed by atoms with Gasteiger partial charge in [0.25, 0.3) is 0 Å². The Hall–Kier alpha value is 0.124. The van der Waals surface area contributed by atoms with Crippen molar-refractivity contribution in [3.8, 4) is 0 Å². The largest absolute Gasteiger partial charge is 2.00 e. The third kappa shape index (κ3) is 6.41. The average Bonchev–Trinajstić information content (AvgIpc) is 2.66. The maximum Gasteiger partial charge on any atom is 2.00 e. The van der Waals surface area contributed by atoms with Gasteiger partial charge >= 0.3 is 18.6 Å². The minimum absolute atomic E-state index is 0. The Labute approximate surface area is 155 Å². The van der Waals surface area contributed by atoms with Crippen molar-refractivity contribution >= 4 is 24.8 Å². The van der Waals surface area contributed by atoms with Crippen molar-refractivity contribution in [1.82, 2.24) is 0 Å². The topological polar surface area (TPSA) is 0 Å². The van der Waals surface area contributed by atoms with Crippen molar-refractivity contribution in [2.24, 2.45) is 11.8 Å². The van der Waals surface area contributed by atoms with Crippen molar-refractivity contribution in [1.29, 1.82) is 0 Å². The zero-order chi connectivity index (χ0) is 14.0. The average molecular weight is 366 g/mol. The maximum atomic E-state index is 3.36. The van der Waals surface area contributed by atoms with Crippen LogP contribution in [0.2, 0.25) is 0 Å². The summed E-state index contributed by atoms with van der Waals surface area (Å²) in [6, 6.07) is 0. The van der Waals surface area contributed by atoms with Gasteiger partial charge in [-0.05, 0) is 0 Å². The van der Waals surface area contributed by atoms with Gasteiger partial charge in [0.2, 0.25) is 0 Å². The molecule has 0 spiro atoms. The molecule has 0 amide bonds. The molecule has 0 aliphatic heterocycles. The first-order valence-electron chi connectivity index (χ1n) is 6.81. The first-order chi connectivity index (χ1) is 8.25. The molecule has 0 saturated carbocycles. The van der Waals surface area contributed by atoms with Crippen molar-refractivity contribution in [2.45, 2.75) is 55.4 Å². The van der Waals surface area contributed by atoms with Crippen LogP contribution in [0.1, 0.15) is 55.4 Å². The zero-order valence-corrected chi connectivity index (χ0v) is 17.4. The standard InChI is InChI=1S/2C9H13.2ClH.V/c2*1-6-5-7(2)9(4)8(6)3;;;/h2*6H,1-4H3;2*1H;/q2*-1;;;+2. The van der Waals surface area contributed by atoms with Crippen molar-refractivity contribution in [3.05, 3.63) is 45.6 Å². The summed E-state index contributed by atoms with van der Waals surface area (Å²) < 4.78 is 0. The van der Waals surface area contributed by atoms with Gasteiger partial charge in [0.05, 0.1) is 0 Å². The van der Waals surface area contributed by atoms with Crippen LogP contribution >= 0.6 is 24.8 Å². The molecule has 0 N–H and O–H groups in total. The van der Waals surface area contributed by atoms with Crippen molar-refractivity contribution in [2.75, 3.05) is 0 Å². The van der Waals surface area contributed by atoms with Gasteiger partial charge in [0.15, 0.2) is 0 Å². The smallest absolute Gasteiger partial charge is 0.266 e. The van der Waals surface area contributed by atoms with Crippen LogP contribution in [-0.2, 0) is 18.6 Å². The molecule has 1 radical (unpaired) electrons. The summed E-state index contributed by atoms with van der Waals surface area (Å²) in [7, 11) is 0. The van der Waals surface area contributed by atoms with Gasteiger partial charge < -0.3 is 0 Å². The predicted octanol–water partition coefficient (Wildman–Crippen LogP) is 6.29. The number of halogens is 2. The van der Waals surface area contributed by atoms with Crippen LogP contribution in [0.3, 0.4) is 0 Å². The van der Waals surface area contributed by atoms with Gasteiger partial charge in [-0.25, -0.2) is 11.1 Å². The van der Waals surface area contributed by atoms with Gasteiger partial charge in [-0.1, -0.05) is 53.4 Å². The van der Waals surface area contributed by atoms with Crippen LogP contribution < -0.4 is 0 Å². The summed E-state index contributed by atoms with van der Waals surface area (Å²) in [6.45, 7) is 17.3. The Bertz CT molecular complexity index is 424. The van der Waals surface area contributed by atoms with E-state index in [0.29, 0.717) is 11.8 Å². The summed E-state index contributed by atoms with van der Waals surface area (Å²) in [4.78, 5) is 0. The molecule has 0 fully saturated rings. The Balaban J connectivity index is -0.000000270. The third-order valence-electron chi connectivity index (χ3n) is 4.47. The molecule has 0 aromatic carbocycles. The fraction of sp³-hybridized carbons (Fsp3) is 0.556. The number of hydrogen-bond donors (Lipinski definition) is 0. The SMILES string of the molecule is CC1=[C-]C(C)C(C)=C1C.CC1=[C-]C(C)C(C)=C1C.Cl.Cl.[V+2]. The molecular weight excluding hydrogens is 338 g/mol. The minimum Gasteiger partial charge on any atom is -0.266 e. The molecule has 0 aromatic heterocycles. The predicted molar refractivity (Wildman–Crippen MR) is 94.4 cm³/mol. The fourth-order valence-electron chi connectivity index (χ4n) is 2.32. The minimum atomic E-state index is 0. The summed E-state index contributed by atoms with van der Waals surface area (Å²) in [5.41, 5.74) is 8.49. The normalized spacial score (nSPS) is 23.2. The van der Waals surface area contributed by atoms with E-state index < -0.39 is 0 Å². The molecular formula is C18H28Cl2V. The summed E-state index contributed by atoms with van der Waals surface area (Å²) in [6.07, 6.45) is 6.72. The van der Waals surface area contributed by atoms with E-state index in [2.05, 4.69) is 67.5 Å². The van der Waals surface area contributed by atoms with Crippen LogP contribution in [-0.4, -0.2) is 0 Å². The molecule has 2 atom stereocenters. The van der Waals surface area contributed by atoms with E-state index in [1.165, 1.54) is 33.4 Å². The van der Waals surface area contributed by atoms with E-state index in [9.17, 15) is 0 Å². The van der Waals surface area contributed by atoms with E-state index in [0.717, 1.165) is 0 Å². The van der Waals surface area contributed by atoms with Crippen molar-refractivity contribution < 1.29 is 18.6 Å². The first kappa shape index (κ1) is 26.0. The van der Waals surface area contributed by atoms with Gasteiger partial charge in [-0.15, -0.1) is 38.7 Å². The van der Waals surface area contributed by atoms with Crippen LogP contribution in [0, 0.1) is 24.0 Å². The Morgan fingerprint density at radius 1 is 0.619 bits per heavy atom. The molecule has 119 valence electrons. The van der Waals surface area contributed by atoms with E-state index >= 15 is 0 Å². The number of allylic oxidation sites excluding steroid dienone is 8. The van der Waals surface area contributed by atoms with E-state index in [1.807, 2.05) is 0 Å². The molecule has 21 heavy (non-hydrogen) atoms. The van der Waals surface area contributed by atoms with Gasteiger partial charge in [-0.2, -0.15) is 22.3 Å². The van der Waals surface area contributed by atoms with E-state index in [1.54, 1.807) is 0 Å².